The molecule has 0 aromatic carbocycles. The third-order valence-electron chi connectivity index (χ3n) is 0.480. The lowest BCUT2D eigenvalue weighted by Crippen LogP contribution is -2.30. The maximum absolute atomic E-state index is 8.08. The van der Waals surface area contributed by atoms with Crippen molar-refractivity contribution in [3.8, 4) is 0 Å². The Labute approximate surface area is 43.5 Å². The molecule has 44 valence electrons. The second-order valence-corrected chi connectivity index (χ2v) is 2.39. The molecule has 0 bridgehead atoms. The van der Waals surface area contributed by atoms with Gasteiger partial charge in [-0.15, -0.1) is 0 Å². The normalized spacial score (nSPS) is 13.7. The zero-order valence-corrected chi connectivity index (χ0v) is 5.25. The molecule has 0 amide bonds. The summed E-state index contributed by atoms with van der Waals surface area (Å²) in [5.41, 5.74) is 0. The van der Waals surface area contributed by atoms with Gasteiger partial charge in [0.15, 0.2) is 0 Å². The lowest BCUT2D eigenvalue weighted by atomic mass is 10.7. The highest BCUT2D eigenvalue weighted by Gasteiger charge is 2.15. The van der Waals surface area contributed by atoms with Gasteiger partial charge in [-0.1, -0.05) is 0 Å². The van der Waals surface area contributed by atoms with Crippen LogP contribution in [-0.4, -0.2) is 31.0 Å². The first kappa shape index (κ1) is 7.06. The van der Waals surface area contributed by atoms with Gasteiger partial charge < -0.3 is 20.7 Å². The van der Waals surface area contributed by atoms with Crippen molar-refractivity contribution in [3.63, 3.8) is 0 Å². The van der Waals surface area contributed by atoms with Gasteiger partial charge in [0.25, 0.3) is 5.97 Å². The van der Waals surface area contributed by atoms with Crippen molar-refractivity contribution >= 4 is 9.68 Å². The molecular weight excluding hydrogens is 114 g/mol. The van der Waals surface area contributed by atoms with Crippen LogP contribution in [0, 0.1) is 0 Å². The van der Waals surface area contributed by atoms with Crippen LogP contribution in [-0.2, 0) is 0 Å². The Balaban J connectivity index is 3.15. The van der Waals surface area contributed by atoms with Gasteiger partial charge in [-0.05, 0) is 0 Å². The van der Waals surface area contributed by atoms with Crippen molar-refractivity contribution in [1.29, 1.82) is 0 Å². The molecule has 0 heterocycles. The molecule has 7 heavy (non-hydrogen) atoms. The second-order valence-electron chi connectivity index (χ2n) is 1.31. The highest BCUT2D eigenvalue weighted by atomic mass is 28.2. The minimum atomic E-state index is -2.51. The Morgan fingerprint density at radius 1 is 1.43 bits per heavy atom. The van der Waals surface area contributed by atoms with E-state index in [9.17, 15) is 0 Å². The highest BCUT2D eigenvalue weighted by Crippen LogP contribution is 1.95. The molecule has 5 heteroatoms. The SMILES string of the molecule is N[SiH2]CC(O)(O)O. The lowest BCUT2D eigenvalue weighted by molar-refractivity contribution is -0.296. The van der Waals surface area contributed by atoms with Crippen LogP contribution in [0.1, 0.15) is 0 Å². The van der Waals surface area contributed by atoms with Crippen LogP contribution in [0.4, 0.5) is 0 Å². The van der Waals surface area contributed by atoms with E-state index in [-0.39, 0.29) is 6.04 Å². The standard InChI is InChI=1S/C2H9NO3Si/c3-7-1-2(4,5)6/h4-6H,1,3,7H2. The van der Waals surface area contributed by atoms with Gasteiger partial charge in [0.2, 0.25) is 0 Å². The van der Waals surface area contributed by atoms with Gasteiger partial charge in [-0.25, -0.2) is 0 Å². The molecule has 0 aromatic rings. The van der Waals surface area contributed by atoms with E-state index >= 15 is 0 Å². The van der Waals surface area contributed by atoms with E-state index in [0.717, 1.165) is 0 Å². The molecule has 0 aliphatic carbocycles. The number of hydrogen-bond acceptors (Lipinski definition) is 4. The summed E-state index contributed by atoms with van der Waals surface area (Å²) in [5, 5.41) is 29.2. The van der Waals surface area contributed by atoms with Gasteiger partial charge in [-0.2, -0.15) is 0 Å². The van der Waals surface area contributed by atoms with Crippen LogP contribution < -0.4 is 5.40 Å². The molecule has 0 unspecified atom stereocenters. The van der Waals surface area contributed by atoms with Crippen LogP contribution in [0.5, 0.6) is 0 Å². The third kappa shape index (κ3) is 6.06. The predicted octanol–water partition coefficient (Wildman–Crippen LogP) is -2.92. The smallest absolute Gasteiger partial charge is 0.273 e. The van der Waals surface area contributed by atoms with Crippen LogP contribution in [0.25, 0.3) is 0 Å². The number of rotatable bonds is 2. The molecule has 4 nitrogen and oxygen atoms in total. The fourth-order valence-electron chi connectivity index (χ4n) is 0.194. The monoisotopic (exact) mass is 123 g/mol. The van der Waals surface area contributed by atoms with Crippen molar-refractivity contribution in [2.75, 3.05) is 0 Å². The molecular formula is C2H9NO3Si. The Hall–Kier alpha value is 0.0569. The van der Waals surface area contributed by atoms with Gasteiger partial charge in [0.1, 0.15) is 0 Å². The van der Waals surface area contributed by atoms with Crippen molar-refractivity contribution in [2.45, 2.75) is 12.0 Å². The van der Waals surface area contributed by atoms with Crippen molar-refractivity contribution in [3.05, 3.63) is 0 Å². The summed E-state index contributed by atoms with van der Waals surface area (Å²) in [6.07, 6.45) is 0. The van der Waals surface area contributed by atoms with Crippen LogP contribution in [0.15, 0.2) is 0 Å². The van der Waals surface area contributed by atoms with Gasteiger partial charge in [-0.3, -0.25) is 0 Å². The van der Waals surface area contributed by atoms with Gasteiger partial charge >= 0.3 is 0 Å². The lowest BCUT2D eigenvalue weighted by Gasteiger charge is -2.10. The summed E-state index contributed by atoms with van der Waals surface area (Å²) in [5.74, 6) is -2.51. The van der Waals surface area contributed by atoms with Crippen LogP contribution in [0.3, 0.4) is 0 Å². The van der Waals surface area contributed by atoms with E-state index < -0.39 is 15.7 Å². The van der Waals surface area contributed by atoms with E-state index in [1.54, 1.807) is 0 Å². The molecule has 0 rings (SSSR count). The topological polar surface area (TPSA) is 86.7 Å². The molecule has 0 aromatic heterocycles. The summed E-state index contributed by atoms with van der Waals surface area (Å²) < 4.78 is 0. The number of hydrogen-bond donors (Lipinski definition) is 4. The predicted molar refractivity (Wildman–Crippen MR) is 26.9 cm³/mol. The fraction of sp³-hybridized carbons (Fsp3) is 1.00. The minimum absolute atomic E-state index is 0.0764. The quantitative estimate of drug-likeness (QED) is 0.234. The summed E-state index contributed by atoms with van der Waals surface area (Å²) in [7, 11) is -0.940. The van der Waals surface area contributed by atoms with Crippen molar-refractivity contribution < 1.29 is 15.3 Å². The molecule has 0 aliphatic rings. The summed E-state index contributed by atoms with van der Waals surface area (Å²) >= 11 is 0. The van der Waals surface area contributed by atoms with E-state index in [4.69, 9.17) is 20.7 Å². The maximum Gasteiger partial charge on any atom is 0.273 e. The molecule has 5 N–H and O–H groups in total. The molecule has 0 radical (unpaired) electrons. The summed E-state index contributed by atoms with van der Waals surface area (Å²) in [4.78, 5) is 0. The average molecular weight is 123 g/mol. The molecule has 0 spiro atoms. The van der Waals surface area contributed by atoms with E-state index in [0.29, 0.717) is 0 Å². The van der Waals surface area contributed by atoms with Gasteiger partial charge in [0, 0.05) is 6.04 Å². The maximum atomic E-state index is 8.08. The summed E-state index contributed by atoms with van der Waals surface area (Å²) in [6.45, 7) is 0. The number of nitrogens with two attached hydrogens (primary N) is 1. The van der Waals surface area contributed by atoms with Gasteiger partial charge in [0.05, 0.1) is 9.68 Å². The summed E-state index contributed by atoms with van der Waals surface area (Å²) in [6, 6.07) is -0.0764. The number of aliphatic hydroxyl groups is 3. The Bertz CT molecular complexity index is 51.4. The molecule has 0 aliphatic heterocycles. The largest absolute Gasteiger partial charge is 0.355 e. The highest BCUT2D eigenvalue weighted by molar-refractivity contribution is 6.31. The average Bonchev–Trinajstić information content (AvgIpc) is 1.30. The molecule has 0 saturated carbocycles. The fourth-order valence-corrected chi connectivity index (χ4v) is 0.581. The second kappa shape index (κ2) is 2.39. The van der Waals surface area contributed by atoms with Crippen molar-refractivity contribution in [1.82, 2.24) is 0 Å². The Morgan fingerprint density at radius 2 is 1.86 bits per heavy atom. The van der Waals surface area contributed by atoms with E-state index in [1.165, 1.54) is 0 Å². The minimum Gasteiger partial charge on any atom is -0.355 e. The van der Waals surface area contributed by atoms with E-state index in [2.05, 4.69) is 0 Å². The first-order valence-corrected chi connectivity index (χ1v) is 3.75. The Morgan fingerprint density at radius 3 is 1.86 bits per heavy atom. The van der Waals surface area contributed by atoms with Crippen LogP contribution >= 0.6 is 0 Å². The van der Waals surface area contributed by atoms with E-state index in [1.807, 2.05) is 0 Å². The first-order valence-electron chi connectivity index (χ1n) is 1.93. The molecule has 0 saturated heterocycles. The zero-order valence-electron chi connectivity index (χ0n) is 3.83. The Kier molecular flexibility index (Phi) is 2.41. The molecule has 0 atom stereocenters. The first-order chi connectivity index (χ1) is 3.06. The third-order valence-corrected chi connectivity index (χ3v) is 1.44. The van der Waals surface area contributed by atoms with Crippen molar-refractivity contribution in [2.24, 2.45) is 5.40 Å². The zero-order chi connectivity index (χ0) is 5.91. The molecule has 0 fully saturated rings. The van der Waals surface area contributed by atoms with Crippen LogP contribution in [0.2, 0.25) is 6.04 Å².